The summed E-state index contributed by atoms with van der Waals surface area (Å²) in [5.41, 5.74) is 0. The summed E-state index contributed by atoms with van der Waals surface area (Å²) >= 11 is 6.98. The lowest BCUT2D eigenvalue weighted by Crippen LogP contribution is -2.51. The van der Waals surface area contributed by atoms with Crippen molar-refractivity contribution in [3.05, 3.63) is 10.0 Å². The summed E-state index contributed by atoms with van der Waals surface area (Å²) in [4.78, 5) is 19.7. The summed E-state index contributed by atoms with van der Waals surface area (Å²) in [5, 5.41) is 9.77. The van der Waals surface area contributed by atoms with E-state index in [0.29, 0.717) is 11.2 Å². The number of hydrogen-bond donors (Lipinski definition) is 1. The minimum Gasteiger partial charge on any atom is -0.477 e. The second-order valence-corrected chi connectivity index (χ2v) is 5.68. The van der Waals surface area contributed by atoms with Gasteiger partial charge in [0.25, 0.3) is 0 Å². The van der Waals surface area contributed by atoms with Gasteiger partial charge in [-0.3, -0.25) is 4.90 Å². The largest absolute Gasteiger partial charge is 0.477 e. The van der Waals surface area contributed by atoms with Crippen LogP contribution in [0.15, 0.2) is 0 Å². The second-order valence-electron chi connectivity index (χ2n) is 4.35. The maximum absolute atomic E-state index is 10.9. The average Bonchev–Trinajstić information content (AvgIpc) is 2.71. The molecule has 1 unspecified atom stereocenters. The van der Waals surface area contributed by atoms with Crippen molar-refractivity contribution in [3.63, 3.8) is 0 Å². The van der Waals surface area contributed by atoms with Crippen LogP contribution in [0.1, 0.15) is 23.5 Å². The number of halogens is 1. The molecule has 1 aliphatic rings. The molecule has 2 rings (SSSR count). The van der Waals surface area contributed by atoms with Gasteiger partial charge < -0.3 is 10.0 Å². The van der Waals surface area contributed by atoms with Crippen LogP contribution in [0, 0.1) is 0 Å². The fourth-order valence-electron chi connectivity index (χ4n) is 2.20. The molecule has 0 saturated carbocycles. The zero-order valence-electron chi connectivity index (χ0n) is 10.4. The quantitative estimate of drug-likeness (QED) is 0.923. The van der Waals surface area contributed by atoms with Gasteiger partial charge in [0.05, 0.1) is 0 Å². The highest BCUT2D eigenvalue weighted by Gasteiger charge is 2.26. The van der Waals surface area contributed by atoms with Crippen LogP contribution in [0.3, 0.4) is 0 Å². The highest BCUT2D eigenvalue weighted by Crippen LogP contribution is 2.30. The van der Waals surface area contributed by atoms with Crippen LogP contribution in [0.5, 0.6) is 0 Å². The van der Waals surface area contributed by atoms with E-state index in [1.54, 1.807) is 0 Å². The molecule has 1 fully saturated rings. The average molecular weight is 290 g/mol. The molecule has 0 bridgehead atoms. The number of carbonyl (C=O) groups is 1. The van der Waals surface area contributed by atoms with E-state index >= 15 is 0 Å². The number of carboxylic acids is 1. The predicted octanol–water partition coefficient (Wildman–Crippen LogP) is 2.03. The van der Waals surface area contributed by atoms with Crippen molar-refractivity contribution in [2.75, 3.05) is 31.1 Å². The molecule has 0 radical (unpaired) electrons. The van der Waals surface area contributed by atoms with E-state index in [1.807, 2.05) is 0 Å². The van der Waals surface area contributed by atoms with Crippen molar-refractivity contribution < 1.29 is 9.90 Å². The molecule has 1 atom stereocenters. The van der Waals surface area contributed by atoms with Gasteiger partial charge in [-0.05, 0) is 13.5 Å². The molecule has 1 saturated heterocycles. The van der Waals surface area contributed by atoms with Gasteiger partial charge in [-0.25, -0.2) is 9.78 Å². The number of aromatic carboxylic acids is 1. The molecule has 2 heterocycles. The molecule has 0 aromatic carbocycles. The van der Waals surface area contributed by atoms with Crippen molar-refractivity contribution in [1.29, 1.82) is 0 Å². The SMILES string of the molecule is CCN1CCN(c2nc(Cl)c(C(=O)O)s2)CC1C. The predicted molar refractivity (Wildman–Crippen MR) is 73.0 cm³/mol. The topological polar surface area (TPSA) is 56.7 Å². The zero-order chi connectivity index (χ0) is 13.3. The number of hydrogen-bond acceptors (Lipinski definition) is 5. The van der Waals surface area contributed by atoms with Crippen molar-refractivity contribution in [1.82, 2.24) is 9.88 Å². The number of anilines is 1. The third-order valence-electron chi connectivity index (χ3n) is 3.21. The van der Waals surface area contributed by atoms with Gasteiger partial charge in [-0.2, -0.15) is 0 Å². The molecule has 1 aromatic rings. The molecule has 1 aromatic heterocycles. The summed E-state index contributed by atoms with van der Waals surface area (Å²) in [7, 11) is 0. The summed E-state index contributed by atoms with van der Waals surface area (Å²) < 4.78 is 0. The Labute approximate surface area is 115 Å². The van der Waals surface area contributed by atoms with Crippen molar-refractivity contribution in [2.24, 2.45) is 0 Å². The van der Waals surface area contributed by atoms with Crippen LogP contribution in [-0.2, 0) is 0 Å². The molecule has 1 aliphatic heterocycles. The van der Waals surface area contributed by atoms with Crippen LogP contribution in [0.25, 0.3) is 0 Å². The first-order valence-corrected chi connectivity index (χ1v) is 7.11. The number of rotatable bonds is 3. The van der Waals surface area contributed by atoms with Gasteiger partial charge in [0, 0.05) is 25.7 Å². The van der Waals surface area contributed by atoms with E-state index < -0.39 is 5.97 Å². The van der Waals surface area contributed by atoms with Gasteiger partial charge >= 0.3 is 5.97 Å². The van der Waals surface area contributed by atoms with Crippen molar-refractivity contribution in [2.45, 2.75) is 19.9 Å². The third kappa shape index (κ3) is 2.60. The summed E-state index contributed by atoms with van der Waals surface area (Å²) in [6, 6.07) is 0.444. The first-order valence-electron chi connectivity index (χ1n) is 5.91. The Morgan fingerprint density at radius 1 is 1.61 bits per heavy atom. The Hall–Kier alpha value is -0.850. The lowest BCUT2D eigenvalue weighted by Gasteiger charge is -2.39. The highest BCUT2D eigenvalue weighted by molar-refractivity contribution is 7.18. The monoisotopic (exact) mass is 289 g/mol. The summed E-state index contributed by atoms with van der Waals surface area (Å²) in [5.74, 6) is -1.01. The first-order chi connectivity index (χ1) is 8.52. The maximum Gasteiger partial charge on any atom is 0.349 e. The Balaban J connectivity index is 2.13. The van der Waals surface area contributed by atoms with E-state index in [2.05, 4.69) is 28.6 Å². The molecule has 0 spiro atoms. The van der Waals surface area contributed by atoms with Crippen LogP contribution in [0.4, 0.5) is 5.13 Å². The zero-order valence-corrected chi connectivity index (χ0v) is 12.0. The molecule has 5 nitrogen and oxygen atoms in total. The molecule has 100 valence electrons. The third-order valence-corrected chi connectivity index (χ3v) is 4.70. The van der Waals surface area contributed by atoms with Crippen molar-refractivity contribution >= 4 is 34.0 Å². The van der Waals surface area contributed by atoms with Gasteiger partial charge in [0.2, 0.25) is 0 Å². The van der Waals surface area contributed by atoms with Crippen LogP contribution < -0.4 is 4.90 Å². The lowest BCUT2D eigenvalue weighted by molar-refractivity contribution is 0.0702. The van der Waals surface area contributed by atoms with Gasteiger partial charge in [-0.1, -0.05) is 29.9 Å². The summed E-state index contributed by atoms with van der Waals surface area (Å²) in [6.45, 7) is 8.04. The van der Waals surface area contributed by atoms with Gasteiger partial charge in [0.15, 0.2) is 15.2 Å². The smallest absolute Gasteiger partial charge is 0.349 e. The number of nitrogens with zero attached hydrogens (tertiary/aromatic N) is 3. The minimum absolute atomic E-state index is 0.0908. The number of carboxylic acid groups (broad SMARTS) is 1. The standard InChI is InChI=1S/C11H16ClN3O2S/c1-3-14-4-5-15(6-7(14)2)11-13-9(12)8(18-11)10(16)17/h7H,3-6H2,1-2H3,(H,16,17). The Morgan fingerprint density at radius 3 is 2.83 bits per heavy atom. The number of aromatic nitrogens is 1. The molecular formula is C11H16ClN3O2S. The maximum atomic E-state index is 10.9. The fraction of sp³-hybridized carbons (Fsp3) is 0.636. The number of thiazole rings is 1. The Kier molecular flexibility index (Phi) is 4.09. The molecular weight excluding hydrogens is 274 g/mol. The first kappa shape index (κ1) is 13.6. The van der Waals surface area contributed by atoms with Gasteiger partial charge in [0.1, 0.15) is 0 Å². The second kappa shape index (κ2) is 5.42. The van der Waals surface area contributed by atoms with E-state index in [-0.39, 0.29) is 10.0 Å². The number of likely N-dealkylation sites (N-methyl/N-ethyl adjacent to an activating group) is 1. The Morgan fingerprint density at radius 2 is 2.33 bits per heavy atom. The van der Waals surface area contributed by atoms with Crippen LogP contribution >= 0.6 is 22.9 Å². The molecule has 1 N–H and O–H groups in total. The molecule has 0 aliphatic carbocycles. The van der Waals surface area contributed by atoms with Gasteiger partial charge in [-0.15, -0.1) is 0 Å². The number of piperazine rings is 1. The van der Waals surface area contributed by atoms with Crippen LogP contribution in [-0.4, -0.2) is 53.2 Å². The molecule has 0 amide bonds. The van der Waals surface area contributed by atoms with E-state index in [1.165, 1.54) is 0 Å². The van der Waals surface area contributed by atoms with E-state index in [9.17, 15) is 4.79 Å². The lowest BCUT2D eigenvalue weighted by atomic mass is 10.2. The Bertz CT molecular complexity index is 451. The van der Waals surface area contributed by atoms with Crippen molar-refractivity contribution in [3.8, 4) is 0 Å². The minimum atomic E-state index is -1.01. The highest BCUT2D eigenvalue weighted by atomic mass is 35.5. The fourth-order valence-corrected chi connectivity index (χ4v) is 3.36. The van der Waals surface area contributed by atoms with E-state index in [0.717, 1.165) is 37.5 Å². The van der Waals surface area contributed by atoms with Crippen LogP contribution in [0.2, 0.25) is 5.15 Å². The molecule has 7 heteroatoms. The normalized spacial score (nSPS) is 21.3. The van der Waals surface area contributed by atoms with E-state index in [4.69, 9.17) is 16.7 Å². The summed E-state index contributed by atoms with van der Waals surface area (Å²) in [6.07, 6.45) is 0. The molecule has 18 heavy (non-hydrogen) atoms.